The predicted octanol–water partition coefficient (Wildman–Crippen LogP) is 6.38. The highest BCUT2D eigenvalue weighted by molar-refractivity contribution is 7.90. The second-order valence-electron chi connectivity index (χ2n) is 10.4. The fourth-order valence-corrected chi connectivity index (χ4v) is 4.89. The molecule has 0 spiro atoms. The zero-order valence-electron chi connectivity index (χ0n) is 22.9. The van der Waals surface area contributed by atoms with Gasteiger partial charge in [0.1, 0.15) is 22.3 Å². The number of aromatic nitrogens is 2. The van der Waals surface area contributed by atoms with Crippen LogP contribution in [-0.4, -0.2) is 31.2 Å². The lowest BCUT2D eigenvalue weighted by Gasteiger charge is -2.28. The van der Waals surface area contributed by atoms with Gasteiger partial charge in [0.05, 0.1) is 35.1 Å². The number of carbonyl (C=O) groups excluding carboxylic acids is 1. The quantitative estimate of drug-likeness (QED) is 0.181. The summed E-state index contributed by atoms with van der Waals surface area (Å²) in [6, 6.07) is 21.2. The van der Waals surface area contributed by atoms with Crippen LogP contribution in [0.4, 0.5) is 23.2 Å². The van der Waals surface area contributed by atoms with Crippen LogP contribution < -0.4 is 10.0 Å². The number of amides is 1. The van der Waals surface area contributed by atoms with Gasteiger partial charge < -0.3 is 9.87 Å². The first kappa shape index (κ1) is 30.8. The minimum absolute atomic E-state index is 0.180. The lowest BCUT2D eigenvalue weighted by Crippen LogP contribution is -2.41. The van der Waals surface area contributed by atoms with E-state index in [2.05, 4.69) is 15.1 Å². The molecule has 4 rings (SSSR count). The smallest absolute Gasteiger partial charge is 0.394 e. The molecule has 0 aliphatic rings. The van der Waals surface area contributed by atoms with Crippen molar-refractivity contribution in [1.29, 1.82) is 5.26 Å². The van der Waals surface area contributed by atoms with Crippen LogP contribution in [0, 0.1) is 17.1 Å². The first-order valence-corrected chi connectivity index (χ1v) is 13.9. The van der Waals surface area contributed by atoms with Gasteiger partial charge in [-0.2, -0.15) is 23.5 Å². The molecule has 2 N–H and O–H groups in total. The molecule has 2 atom stereocenters. The van der Waals surface area contributed by atoms with E-state index in [-0.39, 0.29) is 22.6 Å². The van der Waals surface area contributed by atoms with E-state index < -0.39 is 52.2 Å². The van der Waals surface area contributed by atoms with Crippen molar-refractivity contribution in [2.45, 2.75) is 44.2 Å². The zero-order chi connectivity index (χ0) is 30.7. The van der Waals surface area contributed by atoms with Crippen molar-refractivity contribution in [3.05, 3.63) is 113 Å². The topological polar surface area (TPSA) is 106 Å². The van der Waals surface area contributed by atoms with Gasteiger partial charge in [-0.1, -0.05) is 42.5 Å². The van der Waals surface area contributed by atoms with Gasteiger partial charge in [-0.25, -0.2) is 9.07 Å². The van der Waals surface area contributed by atoms with E-state index in [4.69, 9.17) is 0 Å². The maximum atomic E-state index is 15.0. The van der Waals surface area contributed by atoms with Crippen LogP contribution in [0.2, 0.25) is 0 Å². The number of rotatable bonds is 8. The monoisotopic (exact) mass is 597 g/mol. The van der Waals surface area contributed by atoms with Gasteiger partial charge in [0.2, 0.25) is 0 Å². The molecule has 3 aromatic carbocycles. The van der Waals surface area contributed by atoms with Crippen molar-refractivity contribution in [2.75, 3.05) is 5.32 Å². The summed E-state index contributed by atoms with van der Waals surface area (Å²) < 4.78 is 70.9. The minimum atomic E-state index is -4.59. The van der Waals surface area contributed by atoms with Crippen molar-refractivity contribution in [3.8, 4) is 11.8 Å². The van der Waals surface area contributed by atoms with E-state index in [1.165, 1.54) is 36.4 Å². The van der Waals surface area contributed by atoms with Gasteiger partial charge in [-0.05, 0) is 68.3 Å². The van der Waals surface area contributed by atoms with Gasteiger partial charge in [-0.3, -0.25) is 4.79 Å². The second-order valence-corrected chi connectivity index (χ2v) is 12.4. The normalized spacial score (nSPS) is 13.3. The second kappa shape index (κ2) is 12.4. The summed E-state index contributed by atoms with van der Waals surface area (Å²) in [4.78, 5) is 13.4. The van der Waals surface area contributed by atoms with E-state index >= 15 is 4.39 Å². The summed E-state index contributed by atoms with van der Waals surface area (Å²) in [6.45, 7) is 5.41. The number of nitrogens with one attached hydrogen (secondary N) is 2. The average Bonchev–Trinajstić information content (AvgIpc) is 3.35. The lowest BCUT2D eigenvalue weighted by atomic mass is 9.99. The van der Waals surface area contributed by atoms with Crippen LogP contribution in [0.3, 0.4) is 0 Å². The van der Waals surface area contributed by atoms with E-state index in [0.717, 1.165) is 22.4 Å². The summed E-state index contributed by atoms with van der Waals surface area (Å²) in [5.41, 5.74) is 0.660. The fourth-order valence-electron chi connectivity index (χ4n) is 4.05. The summed E-state index contributed by atoms with van der Waals surface area (Å²) in [5.74, 6) is -1.71. The van der Waals surface area contributed by atoms with Crippen LogP contribution in [0.1, 0.15) is 59.7 Å². The Bertz CT molecular complexity index is 1610. The van der Waals surface area contributed by atoms with Crippen molar-refractivity contribution in [3.63, 3.8) is 0 Å². The molecule has 0 radical (unpaired) electrons. The highest BCUT2D eigenvalue weighted by Gasteiger charge is 2.32. The Morgan fingerprint density at radius 2 is 1.74 bits per heavy atom. The number of hydrogen-bond donors (Lipinski definition) is 2. The number of benzene rings is 3. The van der Waals surface area contributed by atoms with Gasteiger partial charge in [0.15, 0.2) is 0 Å². The Kier molecular flexibility index (Phi) is 9.06. The highest BCUT2D eigenvalue weighted by atomic mass is 32.2. The van der Waals surface area contributed by atoms with Crippen LogP contribution >= 0.6 is 0 Å². The SMILES string of the molecule is CC(C)(C)[S+]([O-])N[C@H](c1ccccc1)c1ccc(F)c(NC(=O)c2cc(CC(F)(F)F)nn2-c2cccc(C#N)c2)c1. The molecule has 1 aromatic heterocycles. The number of nitriles is 1. The lowest BCUT2D eigenvalue weighted by molar-refractivity contribution is -0.127. The Balaban J connectivity index is 1.72. The van der Waals surface area contributed by atoms with E-state index in [1.54, 1.807) is 32.9 Å². The van der Waals surface area contributed by atoms with Gasteiger partial charge in [-0.15, -0.1) is 4.72 Å². The minimum Gasteiger partial charge on any atom is -0.598 e. The van der Waals surface area contributed by atoms with Crippen molar-refractivity contribution in [1.82, 2.24) is 14.5 Å². The Morgan fingerprint density at radius 3 is 2.38 bits per heavy atom. The molecule has 1 heterocycles. The standard InChI is InChI=1S/C30H27F4N5O2S/c1-29(2,3)42(41)38-27(20-9-5-4-6-10-20)21-12-13-24(31)25(15-21)36-28(40)26-16-22(17-30(32,33)34)37-39(26)23-11-7-8-19(14-23)18-35/h4-16,27,38H,17H2,1-3H3,(H,36,40)/t27-,42?/m1/s1. The van der Waals surface area contributed by atoms with Crippen LogP contribution in [0.25, 0.3) is 5.69 Å². The molecule has 12 heteroatoms. The summed E-state index contributed by atoms with van der Waals surface area (Å²) in [6.07, 6.45) is -5.98. The number of carbonyl (C=O) groups is 1. The Morgan fingerprint density at radius 1 is 1.02 bits per heavy atom. The molecule has 0 saturated carbocycles. The Labute approximate surface area is 243 Å². The molecule has 0 fully saturated rings. The van der Waals surface area contributed by atoms with Crippen LogP contribution in [-0.2, 0) is 17.8 Å². The van der Waals surface area contributed by atoms with E-state index in [0.29, 0.717) is 5.56 Å². The van der Waals surface area contributed by atoms with E-state index in [9.17, 15) is 27.8 Å². The maximum absolute atomic E-state index is 15.0. The molecule has 1 amide bonds. The average molecular weight is 598 g/mol. The molecular formula is C30H27F4N5O2S. The molecule has 7 nitrogen and oxygen atoms in total. The number of alkyl halides is 3. The number of anilines is 1. The molecule has 1 unspecified atom stereocenters. The summed E-state index contributed by atoms with van der Waals surface area (Å²) in [7, 11) is 0. The third-order valence-electron chi connectivity index (χ3n) is 6.08. The molecule has 218 valence electrons. The van der Waals surface area contributed by atoms with Crippen molar-refractivity contribution >= 4 is 23.0 Å². The molecule has 0 saturated heterocycles. The third-order valence-corrected chi connectivity index (χ3v) is 7.64. The predicted molar refractivity (Wildman–Crippen MR) is 152 cm³/mol. The molecular weight excluding hydrogens is 570 g/mol. The first-order chi connectivity index (χ1) is 19.7. The largest absolute Gasteiger partial charge is 0.598 e. The third kappa shape index (κ3) is 7.55. The fraction of sp³-hybridized carbons (Fsp3) is 0.233. The van der Waals surface area contributed by atoms with Crippen LogP contribution in [0.5, 0.6) is 0 Å². The molecule has 0 bridgehead atoms. The van der Waals surface area contributed by atoms with E-state index in [1.807, 2.05) is 24.3 Å². The summed E-state index contributed by atoms with van der Waals surface area (Å²) in [5, 5.41) is 15.7. The van der Waals surface area contributed by atoms with Crippen LogP contribution in [0.15, 0.2) is 78.9 Å². The zero-order valence-corrected chi connectivity index (χ0v) is 23.7. The number of hydrogen-bond acceptors (Lipinski definition) is 5. The van der Waals surface area contributed by atoms with Gasteiger partial charge >= 0.3 is 6.18 Å². The van der Waals surface area contributed by atoms with Gasteiger partial charge in [0, 0.05) is 11.4 Å². The van der Waals surface area contributed by atoms with Crippen molar-refractivity contribution in [2.24, 2.45) is 0 Å². The van der Waals surface area contributed by atoms with Gasteiger partial charge in [0.25, 0.3) is 5.91 Å². The molecule has 0 aliphatic heterocycles. The summed E-state index contributed by atoms with van der Waals surface area (Å²) >= 11 is -1.51. The highest BCUT2D eigenvalue weighted by Crippen LogP contribution is 2.30. The Hall–Kier alpha value is -4.18. The molecule has 4 aromatic rings. The molecule has 0 aliphatic carbocycles. The van der Waals surface area contributed by atoms with Crippen molar-refractivity contribution < 1.29 is 26.9 Å². The number of nitrogens with zero attached hydrogens (tertiary/aromatic N) is 3. The molecule has 42 heavy (non-hydrogen) atoms. The first-order valence-electron chi connectivity index (χ1n) is 12.7. The maximum Gasteiger partial charge on any atom is 0.394 e. The number of halogens is 4.